The number of hydrogen-bond acceptors (Lipinski definition) is 3. The number of hydrogen-bond donors (Lipinski definition) is 0. The molecule has 4 nitrogen and oxygen atoms in total. The van der Waals surface area contributed by atoms with Gasteiger partial charge < -0.3 is 0 Å². The van der Waals surface area contributed by atoms with E-state index in [0.29, 0.717) is 12.2 Å². The molecule has 4 heteroatoms. The van der Waals surface area contributed by atoms with Crippen molar-refractivity contribution in [1.29, 1.82) is 0 Å². The van der Waals surface area contributed by atoms with Crippen LogP contribution in [0, 0.1) is 0 Å². The van der Waals surface area contributed by atoms with Crippen molar-refractivity contribution in [2.24, 2.45) is 0 Å². The quantitative estimate of drug-likeness (QED) is 0.654. The molecule has 1 aromatic heterocycles. The molecule has 0 N–H and O–H groups in total. The molecule has 0 bridgehead atoms. The molecule has 0 unspecified atom stereocenters. The fourth-order valence-electron chi connectivity index (χ4n) is 0.923. The number of pyridine rings is 1. The van der Waals surface area contributed by atoms with Crippen LogP contribution in [0.2, 0.25) is 0 Å². The average Bonchev–Trinajstić information content (AvgIpc) is 2.18. The number of carbonyl (C=O) groups excluding carboxylic acids is 1. The van der Waals surface area contributed by atoms with Crippen LogP contribution in [-0.4, -0.2) is 29.6 Å². The van der Waals surface area contributed by atoms with Crippen molar-refractivity contribution in [2.75, 3.05) is 13.7 Å². The Morgan fingerprint density at radius 2 is 2.46 bits per heavy atom. The maximum absolute atomic E-state index is 11.5. The molecule has 0 saturated heterocycles. The van der Waals surface area contributed by atoms with E-state index >= 15 is 0 Å². The van der Waals surface area contributed by atoms with Crippen molar-refractivity contribution < 1.29 is 9.63 Å². The minimum Gasteiger partial charge on any atom is -0.271 e. The zero-order chi connectivity index (χ0) is 9.68. The largest absolute Gasteiger partial charge is 0.278 e. The van der Waals surface area contributed by atoms with E-state index in [1.165, 1.54) is 11.3 Å². The lowest BCUT2D eigenvalue weighted by Gasteiger charge is -2.14. The van der Waals surface area contributed by atoms with Crippen molar-refractivity contribution in [3.8, 4) is 0 Å². The Labute approximate surface area is 77.1 Å². The van der Waals surface area contributed by atoms with Crippen LogP contribution >= 0.6 is 0 Å². The Bertz CT molecular complexity index is 274. The number of carbonyl (C=O) groups is 1. The number of hydroxylamine groups is 2. The Kier molecular flexibility index (Phi) is 3.40. The van der Waals surface area contributed by atoms with Gasteiger partial charge in [-0.15, -0.1) is 0 Å². The summed E-state index contributed by atoms with van der Waals surface area (Å²) in [5, 5.41) is 1.21. The molecule has 13 heavy (non-hydrogen) atoms. The minimum atomic E-state index is -0.185. The second-order valence-electron chi connectivity index (χ2n) is 2.46. The predicted molar refractivity (Wildman–Crippen MR) is 48.0 cm³/mol. The van der Waals surface area contributed by atoms with Gasteiger partial charge in [-0.25, -0.2) is 5.06 Å². The maximum Gasteiger partial charge on any atom is 0.278 e. The minimum absolute atomic E-state index is 0.185. The summed E-state index contributed by atoms with van der Waals surface area (Å²) in [6.45, 7) is 2.30. The third kappa shape index (κ3) is 2.52. The summed E-state index contributed by atoms with van der Waals surface area (Å²) in [5.41, 5.74) is 0.526. The van der Waals surface area contributed by atoms with Crippen LogP contribution in [0.4, 0.5) is 0 Å². The molecule has 0 aliphatic heterocycles. The molecular weight excluding hydrogens is 168 g/mol. The standard InChI is InChI=1S/C9H12N2O2/c1-3-13-11(2)9(12)8-5-4-6-10-7-8/h4-7H,3H2,1-2H3. The molecule has 70 valence electrons. The summed E-state index contributed by atoms with van der Waals surface area (Å²) in [7, 11) is 1.58. The summed E-state index contributed by atoms with van der Waals surface area (Å²) in [5.74, 6) is -0.185. The molecule has 0 saturated carbocycles. The van der Waals surface area contributed by atoms with Gasteiger partial charge in [0.25, 0.3) is 5.91 Å². The lowest BCUT2D eigenvalue weighted by Crippen LogP contribution is -2.26. The number of aromatic nitrogens is 1. The first-order valence-corrected chi connectivity index (χ1v) is 4.06. The maximum atomic E-state index is 11.5. The molecule has 1 aromatic rings. The fraction of sp³-hybridized carbons (Fsp3) is 0.333. The van der Waals surface area contributed by atoms with Crippen LogP contribution in [-0.2, 0) is 4.84 Å². The van der Waals surface area contributed by atoms with Crippen LogP contribution < -0.4 is 0 Å². The van der Waals surface area contributed by atoms with E-state index in [-0.39, 0.29) is 5.91 Å². The fourth-order valence-corrected chi connectivity index (χ4v) is 0.923. The Morgan fingerprint density at radius 1 is 1.69 bits per heavy atom. The lowest BCUT2D eigenvalue weighted by molar-refractivity contribution is -0.100. The second kappa shape index (κ2) is 4.57. The SMILES string of the molecule is CCON(C)C(=O)c1cccnc1. The Balaban J connectivity index is 2.68. The van der Waals surface area contributed by atoms with Gasteiger partial charge in [0.05, 0.1) is 12.2 Å². The van der Waals surface area contributed by atoms with Gasteiger partial charge in [-0.2, -0.15) is 0 Å². The van der Waals surface area contributed by atoms with Crippen LogP contribution in [0.15, 0.2) is 24.5 Å². The van der Waals surface area contributed by atoms with Crippen molar-refractivity contribution in [1.82, 2.24) is 10.0 Å². The van der Waals surface area contributed by atoms with Gasteiger partial charge in [0.15, 0.2) is 0 Å². The van der Waals surface area contributed by atoms with E-state index in [4.69, 9.17) is 4.84 Å². The van der Waals surface area contributed by atoms with E-state index in [1.54, 1.807) is 25.4 Å². The lowest BCUT2D eigenvalue weighted by atomic mass is 10.3. The highest BCUT2D eigenvalue weighted by atomic mass is 16.7. The summed E-state index contributed by atoms with van der Waals surface area (Å²) in [6, 6.07) is 3.41. The molecule has 1 heterocycles. The summed E-state index contributed by atoms with van der Waals surface area (Å²) < 4.78 is 0. The average molecular weight is 180 g/mol. The highest BCUT2D eigenvalue weighted by Crippen LogP contribution is 2.00. The van der Waals surface area contributed by atoms with Gasteiger partial charge in [0.2, 0.25) is 0 Å². The molecule has 0 radical (unpaired) electrons. The smallest absolute Gasteiger partial charge is 0.271 e. The van der Waals surface area contributed by atoms with Gasteiger partial charge in [-0.3, -0.25) is 14.6 Å². The predicted octanol–water partition coefficient (Wildman–Crippen LogP) is 1.11. The molecular formula is C9H12N2O2. The number of rotatable bonds is 3. The molecule has 1 amide bonds. The molecule has 0 aliphatic carbocycles. The Morgan fingerprint density at radius 3 is 3.00 bits per heavy atom. The van der Waals surface area contributed by atoms with Crippen molar-refractivity contribution in [3.63, 3.8) is 0 Å². The zero-order valence-electron chi connectivity index (χ0n) is 7.73. The summed E-state index contributed by atoms with van der Waals surface area (Å²) >= 11 is 0. The first-order valence-electron chi connectivity index (χ1n) is 4.06. The highest BCUT2D eigenvalue weighted by Gasteiger charge is 2.10. The van der Waals surface area contributed by atoms with Crippen LogP contribution in [0.1, 0.15) is 17.3 Å². The van der Waals surface area contributed by atoms with Crippen molar-refractivity contribution in [2.45, 2.75) is 6.92 Å². The summed E-state index contributed by atoms with van der Waals surface area (Å²) in [4.78, 5) is 20.4. The van der Waals surface area contributed by atoms with Crippen LogP contribution in [0.3, 0.4) is 0 Å². The molecule has 0 aromatic carbocycles. The topological polar surface area (TPSA) is 42.4 Å². The molecule has 1 rings (SSSR count). The summed E-state index contributed by atoms with van der Waals surface area (Å²) in [6.07, 6.45) is 3.13. The van der Waals surface area contributed by atoms with Gasteiger partial charge in [0.1, 0.15) is 0 Å². The molecule has 0 atom stereocenters. The van der Waals surface area contributed by atoms with E-state index in [1.807, 2.05) is 6.92 Å². The van der Waals surface area contributed by atoms with Gasteiger partial charge >= 0.3 is 0 Å². The highest BCUT2D eigenvalue weighted by molar-refractivity contribution is 5.92. The molecule has 0 fully saturated rings. The Hall–Kier alpha value is -1.42. The molecule has 0 aliphatic rings. The van der Waals surface area contributed by atoms with Crippen LogP contribution in [0.5, 0.6) is 0 Å². The number of nitrogens with zero attached hydrogens (tertiary/aromatic N) is 2. The van der Waals surface area contributed by atoms with E-state index in [0.717, 1.165) is 0 Å². The van der Waals surface area contributed by atoms with Gasteiger partial charge in [-0.05, 0) is 19.1 Å². The second-order valence-corrected chi connectivity index (χ2v) is 2.46. The van der Waals surface area contributed by atoms with Gasteiger partial charge in [0, 0.05) is 19.4 Å². The van der Waals surface area contributed by atoms with Crippen molar-refractivity contribution >= 4 is 5.91 Å². The van der Waals surface area contributed by atoms with E-state index < -0.39 is 0 Å². The van der Waals surface area contributed by atoms with Crippen LogP contribution in [0.25, 0.3) is 0 Å². The van der Waals surface area contributed by atoms with Gasteiger partial charge in [-0.1, -0.05) is 0 Å². The zero-order valence-corrected chi connectivity index (χ0v) is 7.73. The van der Waals surface area contributed by atoms with E-state index in [9.17, 15) is 4.79 Å². The monoisotopic (exact) mass is 180 g/mol. The van der Waals surface area contributed by atoms with E-state index in [2.05, 4.69) is 4.98 Å². The van der Waals surface area contributed by atoms with Crippen molar-refractivity contribution in [3.05, 3.63) is 30.1 Å². The molecule has 0 spiro atoms. The normalized spacial score (nSPS) is 9.69. The number of amides is 1. The third-order valence-corrected chi connectivity index (χ3v) is 1.52. The first-order chi connectivity index (χ1) is 6.25. The first kappa shape index (κ1) is 9.67. The third-order valence-electron chi connectivity index (χ3n) is 1.52.